The molecule has 4 rings (SSSR count). The lowest BCUT2D eigenvalue weighted by molar-refractivity contribution is -0.154. The lowest BCUT2D eigenvalue weighted by Crippen LogP contribution is -2.16. The Bertz CT molecular complexity index is 1420. The minimum Gasteiger partial charge on any atom is -0.489 e. The molecular weight excluding hydrogens is 488 g/mol. The Labute approximate surface area is 202 Å². The normalized spacial score (nSPS) is 11.8. The van der Waals surface area contributed by atoms with E-state index in [-0.39, 0.29) is 45.6 Å². The molecule has 1 heterocycles. The van der Waals surface area contributed by atoms with Gasteiger partial charge in [0.1, 0.15) is 29.5 Å². The smallest absolute Gasteiger partial charge is 0.453 e. The standard InChI is InChI=1S/C26H19ClF4O4/c1-14(2)16-6-3-4-9-21(16)34-24-23(32)17-11-10-15(12-22(17)35-25(24)26(29,30)31)33-13-18-19(27)7-5-8-20(18)28/h3-12,14H,13H2,1-2H3. The molecule has 0 bridgehead atoms. The van der Waals surface area contributed by atoms with Crippen LogP contribution in [-0.2, 0) is 12.8 Å². The van der Waals surface area contributed by atoms with E-state index < -0.39 is 28.9 Å². The maximum absolute atomic E-state index is 14.0. The molecule has 0 amide bonds. The zero-order chi connectivity index (χ0) is 25.3. The summed E-state index contributed by atoms with van der Waals surface area (Å²) in [6.07, 6.45) is -5.01. The monoisotopic (exact) mass is 506 g/mol. The average molecular weight is 507 g/mol. The van der Waals surface area contributed by atoms with Crippen molar-refractivity contribution in [2.24, 2.45) is 0 Å². The number of hydrogen-bond acceptors (Lipinski definition) is 4. The van der Waals surface area contributed by atoms with Crippen LogP contribution in [0.4, 0.5) is 17.6 Å². The van der Waals surface area contributed by atoms with Gasteiger partial charge in [-0.15, -0.1) is 0 Å². The van der Waals surface area contributed by atoms with E-state index >= 15 is 0 Å². The number of rotatable bonds is 6. The predicted octanol–water partition coefficient (Wildman–Crippen LogP) is 8.10. The Kier molecular flexibility index (Phi) is 6.76. The predicted molar refractivity (Wildman–Crippen MR) is 124 cm³/mol. The summed E-state index contributed by atoms with van der Waals surface area (Å²) in [4.78, 5) is 13.1. The molecule has 0 saturated carbocycles. The molecule has 0 aliphatic rings. The molecule has 0 spiro atoms. The van der Waals surface area contributed by atoms with Gasteiger partial charge < -0.3 is 13.9 Å². The number of fused-ring (bicyclic) bond motifs is 1. The van der Waals surface area contributed by atoms with Crippen LogP contribution < -0.4 is 14.9 Å². The molecule has 0 unspecified atom stereocenters. The van der Waals surface area contributed by atoms with Crippen molar-refractivity contribution in [1.29, 1.82) is 0 Å². The number of halogens is 5. The van der Waals surface area contributed by atoms with Crippen molar-refractivity contribution < 1.29 is 31.5 Å². The first-order valence-electron chi connectivity index (χ1n) is 10.6. The summed E-state index contributed by atoms with van der Waals surface area (Å²) in [5.41, 5.74) is -0.625. The molecule has 182 valence electrons. The highest BCUT2D eigenvalue weighted by Crippen LogP contribution is 2.40. The van der Waals surface area contributed by atoms with Gasteiger partial charge in [0.15, 0.2) is 0 Å². The van der Waals surface area contributed by atoms with Crippen LogP contribution in [-0.4, -0.2) is 0 Å². The van der Waals surface area contributed by atoms with Gasteiger partial charge in [0.25, 0.3) is 5.76 Å². The molecule has 0 aliphatic carbocycles. The van der Waals surface area contributed by atoms with Gasteiger partial charge in [-0.3, -0.25) is 4.79 Å². The minimum absolute atomic E-state index is 0.0595. The molecule has 0 atom stereocenters. The van der Waals surface area contributed by atoms with Crippen LogP contribution in [0.3, 0.4) is 0 Å². The first kappa shape index (κ1) is 24.6. The summed E-state index contributed by atoms with van der Waals surface area (Å²) in [7, 11) is 0. The molecule has 1 aromatic heterocycles. The number of ether oxygens (including phenoxy) is 2. The van der Waals surface area contributed by atoms with Gasteiger partial charge in [0, 0.05) is 11.6 Å². The van der Waals surface area contributed by atoms with Gasteiger partial charge >= 0.3 is 6.18 Å². The SMILES string of the molecule is CC(C)c1ccccc1Oc1c(C(F)(F)F)oc2cc(OCc3c(F)cccc3Cl)ccc2c1=O. The van der Waals surface area contributed by atoms with Gasteiger partial charge in [0.05, 0.1) is 10.4 Å². The third-order valence-electron chi connectivity index (χ3n) is 5.28. The molecule has 3 aromatic carbocycles. The van der Waals surface area contributed by atoms with Gasteiger partial charge in [-0.1, -0.05) is 49.7 Å². The maximum atomic E-state index is 14.0. The topological polar surface area (TPSA) is 48.7 Å². The van der Waals surface area contributed by atoms with Gasteiger partial charge in [-0.05, 0) is 41.8 Å². The van der Waals surface area contributed by atoms with E-state index in [9.17, 15) is 22.4 Å². The molecule has 0 aliphatic heterocycles. The summed E-state index contributed by atoms with van der Waals surface area (Å²) >= 11 is 5.98. The van der Waals surface area contributed by atoms with Crippen LogP contribution in [0, 0.1) is 5.82 Å². The molecule has 0 N–H and O–H groups in total. The van der Waals surface area contributed by atoms with Crippen molar-refractivity contribution >= 4 is 22.6 Å². The van der Waals surface area contributed by atoms with E-state index in [1.807, 2.05) is 13.8 Å². The Balaban J connectivity index is 1.76. The van der Waals surface area contributed by atoms with E-state index in [1.54, 1.807) is 18.2 Å². The zero-order valence-electron chi connectivity index (χ0n) is 18.6. The molecule has 0 radical (unpaired) electrons. The van der Waals surface area contributed by atoms with Gasteiger partial charge in [-0.2, -0.15) is 13.2 Å². The van der Waals surface area contributed by atoms with Crippen molar-refractivity contribution in [2.75, 3.05) is 0 Å². The molecule has 4 nitrogen and oxygen atoms in total. The lowest BCUT2D eigenvalue weighted by Gasteiger charge is -2.16. The number of benzene rings is 3. The third-order valence-corrected chi connectivity index (χ3v) is 5.63. The Morgan fingerprint density at radius 2 is 1.77 bits per heavy atom. The zero-order valence-corrected chi connectivity index (χ0v) is 19.3. The summed E-state index contributed by atoms with van der Waals surface area (Å²) in [5, 5.41) is 0.00597. The van der Waals surface area contributed by atoms with Crippen LogP contribution >= 0.6 is 11.6 Å². The molecule has 4 aromatic rings. The fraction of sp³-hybridized carbons (Fsp3) is 0.192. The molecular formula is C26H19ClF4O4. The van der Waals surface area contributed by atoms with Crippen LogP contribution in [0.25, 0.3) is 11.0 Å². The second-order valence-electron chi connectivity index (χ2n) is 8.03. The first-order valence-corrected chi connectivity index (χ1v) is 10.9. The van der Waals surface area contributed by atoms with E-state index in [0.29, 0.717) is 5.56 Å². The van der Waals surface area contributed by atoms with Crippen LogP contribution in [0.2, 0.25) is 5.02 Å². The van der Waals surface area contributed by atoms with Crippen molar-refractivity contribution in [3.8, 4) is 17.2 Å². The maximum Gasteiger partial charge on any atom is 0.453 e. The summed E-state index contributed by atoms with van der Waals surface area (Å²) in [6, 6.07) is 14.4. The highest BCUT2D eigenvalue weighted by molar-refractivity contribution is 6.31. The van der Waals surface area contributed by atoms with E-state index in [0.717, 1.165) is 6.07 Å². The second kappa shape index (κ2) is 9.62. The number of para-hydroxylation sites is 1. The molecule has 35 heavy (non-hydrogen) atoms. The average Bonchev–Trinajstić information content (AvgIpc) is 2.80. The Morgan fingerprint density at radius 1 is 1.03 bits per heavy atom. The third kappa shape index (κ3) is 5.12. The Hall–Kier alpha value is -3.52. The van der Waals surface area contributed by atoms with Crippen molar-refractivity contribution in [3.05, 3.63) is 98.6 Å². The van der Waals surface area contributed by atoms with E-state index in [2.05, 4.69) is 0 Å². The van der Waals surface area contributed by atoms with Crippen LogP contribution in [0.1, 0.15) is 36.7 Å². The fourth-order valence-electron chi connectivity index (χ4n) is 3.51. The van der Waals surface area contributed by atoms with Crippen LogP contribution in [0.5, 0.6) is 17.2 Å². The Morgan fingerprint density at radius 3 is 2.46 bits per heavy atom. The van der Waals surface area contributed by atoms with Crippen molar-refractivity contribution in [3.63, 3.8) is 0 Å². The lowest BCUT2D eigenvalue weighted by atomic mass is 10.0. The molecule has 0 fully saturated rings. The summed E-state index contributed by atoms with van der Waals surface area (Å²) < 4.78 is 71.7. The minimum atomic E-state index is -5.01. The fourth-order valence-corrected chi connectivity index (χ4v) is 3.73. The molecule has 9 heteroatoms. The largest absolute Gasteiger partial charge is 0.489 e. The highest BCUT2D eigenvalue weighted by Gasteiger charge is 2.40. The van der Waals surface area contributed by atoms with Gasteiger partial charge in [0.2, 0.25) is 11.2 Å². The first-order chi connectivity index (χ1) is 16.6. The number of alkyl halides is 3. The summed E-state index contributed by atoms with van der Waals surface area (Å²) in [5.74, 6) is -2.98. The van der Waals surface area contributed by atoms with E-state index in [1.165, 1.54) is 36.4 Å². The van der Waals surface area contributed by atoms with Gasteiger partial charge in [-0.25, -0.2) is 4.39 Å². The number of hydrogen-bond donors (Lipinski definition) is 0. The van der Waals surface area contributed by atoms with Crippen molar-refractivity contribution in [1.82, 2.24) is 0 Å². The van der Waals surface area contributed by atoms with Crippen molar-refractivity contribution in [2.45, 2.75) is 32.5 Å². The van der Waals surface area contributed by atoms with E-state index in [4.69, 9.17) is 25.5 Å². The molecule has 0 saturated heterocycles. The second-order valence-corrected chi connectivity index (χ2v) is 8.44. The summed E-state index contributed by atoms with van der Waals surface area (Å²) in [6.45, 7) is 3.43. The van der Waals surface area contributed by atoms with Crippen LogP contribution in [0.15, 0.2) is 69.9 Å². The quantitative estimate of drug-likeness (QED) is 0.248. The highest BCUT2D eigenvalue weighted by atomic mass is 35.5.